The Labute approximate surface area is 154 Å². The second-order valence-electron chi connectivity index (χ2n) is 7.08. The molecule has 138 valence electrons. The van der Waals surface area contributed by atoms with E-state index in [1.165, 1.54) is 5.56 Å². The summed E-state index contributed by atoms with van der Waals surface area (Å²) in [6.07, 6.45) is 0. The third-order valence-electron chi connectivity index (χ3n) is 3.87. The van der Waals surface area contributed by atoms with Gasteiger partial charge in [-0.2, -0.15) is 0 Å². The van der Waals surface area contributed by atoms with Gasteiger partial charge in [-0.3, -0.25) is 4.79 Å². The van der Waals surface area contributed by atoms with Crippen molar-refractivity contribution < 1.29 is 19.1 Å². The van der Waals surface area contributed by atoms with E-state index >= 15 is 0 Å². The minimum Gasteiger partial charge on any atom is -0.452 e. The number of rotatable bonds is 6. The summed E-state index contributed by atoms with van der Waals surface area (Å²) in [4.78, 5) is 24.0. The minimum absolute atomic E-state index is 0.0525. The summed E-state index contributed by atoms with van der Waals surface area (Å²) in [5.74, 6) is -0.912. The molecule has 0 aliphatic rings. The molecule has 26 heavy (non-hydrogen) atoms. The first-order chi connectivity index (χ1) is 12.3. The maximum absolute atomic E-state index is 12.0. The van der Waals surface area contributed by atoms with Gasteiger partial charge in [0.25, 0.3) is 5.91 Å². The van der Waals surface area contributed by atoms with Crippen LogP contribution in [0.15, 0.2) is 48.5 Å². The highest BCUT2D eigenvalue weighted by atomic mass is 16.5. The molecular formula is C21H25NO4. The second kappa shape index (κ2) is 8.63. The van der Waals surface area contributed by atoms with Crippen molar-refractivity contribution in [2.24, 2.45) is 0 Å². The van der Waals surface area contributed by atoms with Crippen LogP contribution in [0.2, 0.25) is 0 Å². The summed E-state index contributed by atoms with van der Waals surface area (Å²) < 4.78 is 10.1. The van der Waals surface area contributed by atoms with Crippen LogP contribution in [0.25, 0.3) is 0 Å². The first kappa shape index (κ1) is 19.7. The number of amides is 1. The van der Waals surface area contributed by atoms with Crippen LogP contribution >= 0.6 is 0 Å². The fourth-order valence-electron chi connectivity index (χ4n) is 2.37. The zero-order valence-corrected chi connectivity index (χ0v) is 15.7. The predicted molar refractivity (Wildman–Crippen MR) is 101 cm³/mol. The third kappa shape index (κ3) is 5.70. The van der Waals surface area contributed by atoms with Gasteiger partial charge in [-0.15, -0.1) is 0 Å². The van der Waals surface area contributed by atoms with Crippen LogP contribution in [0.1, 0.15) is 42.3 Å². The van der Waals surface area contributed by atoms with Crippen molar-refractivity contribution in [1.29, 1.82) is 0 Å². The largest absolute Gasteiger partial charge is 0.452 e. The molecular weight excluding hydrogens is 330 g/mol. The zero-order valence-electron chi connectivity index (χ0n) is 15.7. The lowest BCUT2D eigenvalue weighted by Crippen LogP contribution is -2.21. The van der Waals surface area contributed by atoms with Crippen molar-refractivity contribution in [2.45, 2.75) is 32.8 Å². The number of benzene rings is 2. The Balaban J connectivity index is 1.85. The summed E-state index contributed by atoms with van der Waals surface area (Å²) in [7, 11) is 1.61. The van der Waals surface area contributed by atoms with E-state index < -0.39 is 5.97 Å². The van der Waals surface area contributed by atoms with Gasteiger partial charge in [0.1, 0.15) is 0 Å². The van der Waals surface area contributed by atoms with Crippen LogP contribution in [-0.4, -0.2) is 25.6 Å². The van der Waals surface area contributed by atoms with Gasteiger partial charge < -0.3 is 14.8 Å². The van der Waals surface area contributed by atoms with E-state index in [-0.39, 0.29) is 17.9 Å². The number of anilines is 1. The van der Waals surface area contributed by atoms with E-state index in [0.717, 1.165) is 5.56 Å². The lowest BCUT2D eigenvalue weighted by Gasteiger charge is -2.19. The topological polar surface area (TPSA) is 64.6 Å². The second-order valence-corrected chi connectivity index (χ2v) is 7.08. The highest BCUT2D eigenvalue weighted by Crippen LogP contribution is 2.23. The molecule has 1 N–H and O–H groups in total. The number of hydrogen-bond donors (Lipinski definition) is 1. The molecule has 0 radical (unpaired) electrons. The van der Waals surface area contributed by atoms with Crippen molar-refractivity contribution in [1.82, 2.24) is 0 Å². The fourth-order valence-corrected chi connectivity index (χ4v) is 2.37. The number of hydrogen-bond acceptors (Lipinski definition) is 4. The SMILES string of the molecule is COCc1ccc(C(=O)OCC(=O)Nc2ccc(C(C)(C)C)cc2)cc1. The fraction of sp³-hybridized carbons (Fsp3) is 0.333. The Kier molecular flexibility index (Phi) is 6.52. The number of nitrogens with one attached hydrogen (secondary N) is 1. The molecule has 1 amide bonds. The standard InChI is InChI=1S/C21H25NO4/c1-21(2,3)17-9-11-18(12-10-17)22-19(23)14-26-20(24)16-7-5-15(6-8-16)13-25-4/h5-12H,13-14H2,1-4H3,(H,22,23). The Morgan fingerprint density at radius 2 is 1.58 bits per heavy atom. The lowest BCUT2D eigenvalue weighted by molar-refractivity contribution is -0.119. The van der Waals surface area contributed by atoms with E-state index in [2.05, 4.69) is 26.1 Å². The van der Waals surface area contributed by atoms with Crippen LogP contribution in [0.4, 0.5) is 5.69 Å². The highest BCUT2D eigenvalue weighted by molar-refractivity contribution is 5.95. The molecule has 0 aromatic heterocycles. The highest BCUT2D eigenvalue weighted by Gasteiger charge is 2.14. The average Bonchev–Trinajstić information content (AvgIpc) is 2.60. The first-order valence-corrected chi connectivity index (χ1v) is 8.45. The van der Waals surface area contributed by atoms with Crippen LogP contribution in [0.5, 0.6) is 0 Å². The molecule has 2 aromatic rings. The van der Waals surface area contributed by atoms with Crippen molar-refractivity contribution in [3.8, 4) is 0 Å². The summed E-state index contributed by atoms with van der Waals surface area (Å²) in [5.41, 5.74) is 3.26. The van der Waals surface area contributed by atoms with Crippen LogP contribution in [-0.2, 0) is 26.3 Å². The molecule has 0 atom stereocenters. The van der Waals surface area contributed by atoms with Crippen LogP contribution in [0, 0.1) is 0 Å². The molecule has 0 aliphatic heterocycles. The molecule has 0 fully saturated rings. The predicted octanol–water partition coefficient (Wildman–Crippen LogP) is 3.93. The first-order valence-electron chi connectivity index (χ1n) is 8.45. The van der Waals surface area contributed by atoms with Gasteiger partial charge in [-0.1, -0.05) is 45.0 Å². The normalized spacial score (nSPS) is 11.1. The van der Waals surface area contributed by atoms with Gasteiger partial charge in [-0.05, 0) is 40.8 Å². The Morgan fingerprint density at radius 1 is 0.962 bits per heavy atom. The maximum atomic E-state index is 12.0. The van der Waals surface area contributed by atoms with Crippen molar-refractivity contribution >= 4 is 17.6 Å². The third-order valence-corrected chi connectivity index (χ3v) is 3.87. The molecule has 2 aromatic carbocycles. The van der Waals surface area contributed by atoms with Gasteiger partial charge in [0, 0.05) is 12.8 Å². The molecule has 0 aliphatic carbocycles. The van der Waals surface area contributed by atoms with Gasteiger partial charge in [0.15, 0.2) is 6.61 Å². The van der Waals surface area contributed by atoms with E-state index in [0.29, 0.717) is 17.9 Å². The Bertz CT molecular complexity index is 743. The van der Waals surface area contributed by atoms with Crippen molar-refractivity contribution in [2.75, 3.05) is 19.0 Å². The van der Waals surface area contributed by atoms with Crippen LogP contribution in [0.3, 0.4) is 0 Å². The molecule has 0 saturated heterocycles. The smallest absolute Gasteiger partial charge is 0.338 e. The molecule has 5 nitrogen and oxygen atoms in total. The van der Waals surface area contributed by atoms with Gasteiger partial charge in [0.05, 0.1) is 12.2 Å². The van der Waals surface area contributed by atoms with Crippen molar-refractivity contribution in [3.63, 3.8) is 0 Å². The number of esters is 1. The van der Waals surface area contributed by atoms with Crippen LogP contribution < -0.4 is 5.32 Å². The van der Waals surface area contributed by atoms with Crippen molar-refractivity contribution in [3.05, 3.63) is 65.2 Å². The molecule has 2 rings (SSSR count). The zero-order chi connectivity index (χ0) is 19.2. The molecule has 0 spiro atoms. The van der Waals surface area contributed by atoms with Gasteiger partial charge >= 0.3 is 5.97 Å². The van der Waals surface area contributed by atoms with Gasteiger partial charge in [-0.25, -0.2) is 4.79 Å². The molecule has 5 heteroatoms. The summed E-state index contributed by atoms with van der Waals surface area (Å²) >= 11 is 0. The minimum atomic E-state index is -0.535. The monoisotopic (exact) mass is 355 g/mol. The van der Waals surface area contributed by atoms with E-state index in [1.807, 2.05) is 24.3 Å². The molecule has 0 saturated carbocycles. The number of methoxy groups -OCH3 is 1. The summed E-state index contributed by atoms with van der Waals surface area (Å²) in [5, 5.41) is 2.72. The lowest BCUT2D eigenvalue weighted by atomic mass is 9.87. The number of ether oxygens (including phenoxy) is 2. The van der Waals surface area contributed by atoms with E-state index in [1.54, 1.807) is 31.4 Å². The van der Waals surface area contributed by atoms with Gasteiger partial charge in [0.2, 0.25) is 0 Å². The molecule has 0 bridgehead atoms. The summed E-state index contributed by atoms with van der Waals surface area (Å²) in [6, 6.07) is 14.5. The quantitative estimate of drug-likeness (QED) is 0.798. The van der Waals surface area contributed by atoms with E-state index in [4.69, 9.17) is 9.47 Å². The summed E-state index contributed by atoms with van der Waals surface area (Å²) in [6.45, 7) is 6.52. The average molecular weight is 355 g/mol. The number of carbonyl (C=O) groups is 2. The number of carbonyl (C=O) groups excluding carboxylic acids is 2. The molecule has 0 unspecified atom stereocenters. The molecule has 0 heterocycles. The van der Waals surface area contributed by atoms with E-state index in [9.17, 15) is 9.59 Å². The Hall–Kier alpha value is -2.66. The maximum Gasteiger partial charge on any atom is 0.338 e. The Morgan fingerprint density at radius 3 is 2.12 bits per heavy atom.